The van der Waals surface area contributed by atoms with Gasteiger partial charge < -0.3 is 10.2 Å². The van der Waals surface area contributed by atoms with Gasteiger partial charge in [0.05, 0.1) is 0 Å². The Bertz CT molecular complexity index is 407. The second kappa shape index (κ2) is 8.77. The van der Waals surface area contributed by atoms with Crippen molar-refractivity contribution in [2.24, 2.45) is 0 Å². The number of hydrogen-bond donors (Lipinski definition) is 1. The van der Waals surface area contributed by atoms with Crippen LogP contribution in [-0.4, -0.2) is 38.1 Å². The van der Waals surface area contributed by atoms with E-state index in [9.17, 15) is 0 Å². The van der Waals surface area contributed by atoms with Gasteiger partial charge in [-0.15, -0.1) is 0 Å². The van der Waals surface area contributed by atoms with Gasteiger partial charge in [-0.3, -0.25) is 0 Å². The summed E-state index contributed by atoms with van der Waals surface area (Å²) < 4.78 is 0. The highest BCUT2D eigenvalue weighted by Crippen LogP contribution is 2.27. The summed E-state index contributed by atoms with van der Waals surface area (Å²) in [6.07, 6.45) is 6.58. The molecule has 2 rings (SSSR count). The van der Waals surface area contributed by atoms with Gasteiger partial charge >= 0.3 is 0 Å². The minimum Gasteiger partial charge on any atom is -0.320 e. The van der Waals surface area contributed by atoms with Gasteiger partial charge in [-0.25, -0.2) is 0 Å². The number of aryl methyl sites for hydroxylation is 1. The van der Waals surface area contributed by atoms with E-state index in [0.717, 1.165) is 11.6 Å². The molecule has 0 radical (unpaired) electrons. The molecular weight excluding hydrogens is 280 g/mol. The maximum atomic E-state index is 6.25. The van der Waals surface area contributed by atoms with Crippen LogP contribution in [0.1, 0.15) is 49.1 Å². The average molecular weight is 309 g/mol. The van der Waals surface area contributed by atoms with Gasteiger partial charge in [0.1, 0.15) is 0 Å². The molecule has 3 heteroatoms. The van der Waals surface area contributed by atoms with Crippen molar-refractivity contribution in [3.05, 3.63) is 34.3 Å². The zero-order valence-electron chi connectivity index (χ0n) is 13.5. The van der Waals surface area contributed by atoms with Crippen LogP contribution in [-0.2, 0) is 0 Å². The van der Waals surface area contributed by atoms with Gasteiger partial charge in [-0.1, -0.05) is 24.1 Å². The number of nitrogens with one attached hydrogen (secondary N) is 1. The van der Waals surface area contributed by atoms with Crippen molar-refractivity contribution in [2.45, 2.75) is 44.9 Å². The van der Waals surface area contributed by atoms with E-state index in [1.165, 1.54) is 62.9 Å². The Balaban J connectivity index is 1.98. The standard InChI is InChI=1S/C18H29ClN2/c1-15-12-17(14-18(19)13-15)16(6-8-20-2)7-11-21-9-4-3-5-10-21/h12-14,16,20H,3-11H2,1-2H3/t16-/m1/s1. The zero-order chi connectivity index (χ0) is 15.1. The summed E-state index contributed by atoms with van der Waals surface area (Å²) in [5.74, 6) is 0.608. The first-order valence-corrected chi connectivity index (χ1v) is 8.71. The molecule has 1 aliphatic heterocycles. The summed E-state index contributed by atoms with van der Waals surface area (Å²) in [6.45, 7) is 6.99. The molecule has 0 bridgehead atoms. The molecule has 1 N–H and O–H groups in total. The Morgan fingerprint density at radius 2 is 1.90 bits per heavy atom. The van der Waals surface area contributed by atoms with E-state index in [1.54, 1.807) is 0 Å². The smallest absolute Gasteiger partial charge is 0.0411 e. The first-order valence-electron chi connectivity index (χ1n) is 8.33. The number of rotatable bonds is 7. The fourth-order valence-electron chi connectivity index (χ4n) is 3.32. The minimum absolute atomic E-state index is 0.608. The molecule has 118 valence electrons. The zero-order valence-corrected chi connectivity index (χ0v) is 14.3. The molecule has 21 heavy (non-hydrogen) atoms. The molecule has 0 spiro atoms. The van der Waals surface area contributed by atoms with Gasteiger partial charge in [0.25, 0.3) is 0 Å². The van der Waals surface area contributed by atoms with Crippen molar-refractivity contribution < 1.29 is 0 Å². The van der Waals surface area contributed by atoms with Crippen molar-refractivity contribution in [3.8, 4) is 0 Å². The van der Waals surface area contributed by atoms with Gasteiger partial charge in [0.2, 0.25) is 0 Å². The lowest BCUT2D eigenvalue weighted by atomic mass is 9.91. The third kappa shape index (κ3) is 5.61. The quantitative estimate of drug-likeness (QED) is 0.811. The predicted molar refractivity (Wildman–Crippen MR) is 92.4 cm³/mol. The number of halogens is 1. The van der Waals surface area contributed by atoms with Crippen LogP contribution < -0.4 is 5.32 Å². The first-order chi connectivity index (χ1) is 10.2. The van der Waals surface area contributed by atoms with Crippen LogP contribution in [0.15, 0.2) is 18.2 Å². The number of piperidine rings is 1. The Kier molecular flexibility index (Phi) is 7.01. The van der Waals surface area contributed by atoms with Crippen molar-refractivity contribution in [3.63, 3.8) is 0 Å². The summed E-state index contributed by atoms with van der Waals surface area (Å²) in [5.41, 5.74) is 2.68. The average Bonchev–Trinajstić information content (AvgIpc) is 2.47. The van der Waals surface area contributed by atoms with E-state index in [-0.39, 0.29) is 0 Å². The summed E-state index contributed by atoms with van der Waals surface area (Å²) in [7, 11) is 2.03. The number of hydrogen-bond acceptors (Lipinski definition) is 2. The summed E-state index contributed by atoms with van der Waals surface area (Å²) in [5, 5.41) is 4.16. The second-order valence-electron chi connectivity index (χ2n) is 6.34. The van der Waals surface area contributed by atoms with Gasteiger partial charge in [0, 0.05) is 5.02 Å². The monoisotopic (exact) mass is 308 g/mol. The molecular formula is C18H29ClN2. The maximum absolute atomic E-state index is 6.25. The Labute approximate surface area is 134 Å². The van der Waals surface area contributed by atoms with Crippen molar-refractivity contribution in [1.82, 2.24) is 10.2 Å². The van der Waals surface area contributed by atoms with E-state index >= 15 is 0 Å². The molecule has 1 saturated heterocycles. The van der Waals surface area contributed by atoms with Crippen LogP contribution in [0.25, 0.3) is 0 Å². The fourth-order valence-corrected chi connectivity index (χ4v) is 3.62. The molecule has 0 unspecified atom stereocenters. The second-order valence-corrected chi connectivity index (χ2v) is 6.78. The van der Waals surface area contributed by atoms with Crippen LogP contribution in [0.5, 0.6) is 0 Å². The van der Waals surface area contributed by atoms with E-state index in [2.05, 4.69) is 29.3 Å². The van der Waals surface area contributed by atoms with E-state index in [4.69, 9.17) is 11.6 Å². The van der Waals surface area contributed by atoms with Crippen molar-refractivity contribution in [2.75, 3.05) is 33.2 Å². The van der Waals surface area contributed by atoms with Crippen LogP contribution in [0, 0.1) is 6.92 Å². The molecule has 1 fully saturated rings. The Morgan fingerprint density at radius 3 is 2.57 bits per heavy atom. The lowest BCUT2D eigenvalue weighted by Crippen LogP contribution is -2.31. The molecule has 0 amide bonds. The highest BCUT2D eigenvalue weighted by molar-refractivity contribution is 6.30. The van der Waals surface area contributed by atoms with Crippen LogP contribution >= 0.6 is 11.6 Å². The van der Waals surface area contributed by atoms with Crippen LogP contribution in [0.2, 0.25) is 5.02 Å². The molecule has 1 aromatic carbocycles. The maximum Gasteiger partial charge on any atom is 0.0411 e. The highest BCUT2D eigenvalue weighted by Gasteiger charge is 2.16. The lowest BCUT2D eigenvalue weighted by Gasteiger charge is -2.28. The lowest BCUT2D eigenvalue weighted by molar-refractivity contribution is 0.220. The van der Waals surface area contributed by atoms with Gasteiger partial charge in [0.15, 0.2) is 0 Å². The molecule has 0 aliphatic carbocycles. The molecule has 0 saturated carbocycles. The first kappa shape index (κ1) is 16.8. The third-order valence-electron chi connectivity index (χ3n) is 4.52. The minimum atomic E-state index is 0.608. The molecule has 1 aliphatic rings. The largest absolute Gasteiger partial charge is 0.320 e. The predicted octanol–water partition coefficient (Wildman–Crippen LogP) is 4.22. The van der Waals surface area contributed by atoms with Gasteiger partial charge in [-0.05, 0) is 95.0 Å². The highest BCUT2D eigenvalue weighted by atomic mass is 35.5. The Morgan fingerprint density at radius 1 is 1.14 bits per heavy atom. The summed E-state index contributed by atoms with van der Waals surface area (Å²) in [6, 6.07) is 6.51. The van der Waals surface area contributed by atoms with Crippen molar-refractivity contribution in [1.29, 1.82) is 0 Å². The van der Waals surface area contributed by atoms with Crippen LogP contribution in [0.3, 0.4) is 0 Å². The number of likely N-dealkylation sites (tertiary alicyclic amines) is 1. The van der Waals surface area contributed by atoms with E-state index in [1.807, 2.05) is 13.1 Å². The molecule has 1 heterocycles. The molecule has 2 nitrogen and oxygen atoms in total. The number of nitrogens with zero attached hydrogens (tertiary/aromatic N) is 1. The molecule has 1 atom stereocenters. The summed E-state index contributed by atoms with van der Waals surface area (Å²) in [4.78, 5) is 2.63. The van der Waals surface area contributed by atoms with Gasteiger partial charge in [-0.2, -0.15) is 0 Å². The SMILES string of the molecule is CNCC[C@H](CCN1CCCCC1)c1cc(C)cc(Cl)c1. The van der Waals surface area contributed by atoms with E-state index < -0.39 is 0 Å². The van der Waals surface area contributed by atoms with E-state index in [0.29, 0.717) is 5.92 Å². The molecule has 0 aromatic heterocycles. The number of benzene rings is 1. The molecule has 1 aromatic rings. The van der Waals surface area contributed by atoms with Crippen molar-refractivity contribution >= 4 is 11.6 Å². The van der Waals surface area contributed by atoms with Crippen LogP contribution in [0.4, 0.5) is 0 Å². The fraction of sp³-hybridized carbons (Fsp3) is 0.667. The Hall–Kier alpha value is -0.570. The topological polar surface area (TPSA) is 15.3 Å². The summed E-state index contributed by atoms with van der Waals surface area (Å²) >= 11 is 6.25. The normalized spacial score (nSPS) is 17.9. The third-order valence-corrected chi connectivity index (χ3v) is 4.74.